The van der Waals surface area contributed by atoms with E-state index in [0.717, 1.165) is 6.07 Å². The summed E-state index contributed by atoms with van der Waals surface area (Å²) in [5.74, 6) is -2.67. The minimum atomic E-state index is -1.12. The molecule has 8 heteroatoms. The van der Waals surface area contributed by atoms with Crippen LogP contribution < -0.4 is 5.73 Å². The average molecular weight is 354 g/mol. The van der Waals surface area contributed by atoms with E-state index in [2.05, 4.69) is 10.1 Å². The molecule has 4 nitrogen and oxygen atoms in total. The molecule has 24 heavy (non-hydrogen) atoms. The zero-order chi connectivity index (χ0) is 17.4. The first-order chi connectivity index (χ1) is 11.4. The van der Waals surface area contributed by atoms with Crippen molar-refractivity contribution in [2.75, 3.05) is 0 Å². The minimum Gasteiger partial charge on any atom is -0.411 e. The molecule has 0 amide bonds. The maximum Gasteiger partial charge on any atom is 0.184 e. The van der Waals surface area contributed by atoms with Gasteiger partial charge in [-0.2, -0.15) is 0 Å². The van der Waals surface area contributed by atoms with Gasteiger partial charge in [-0.15, -0.1) is 0 Å². The van der Waals surface area contributed by atoms with Gasteiger partial charge in [0.2, 0.25) is 0 Å². The molecule has 0 bridgehead atoms. The fraction of sp³-hybridized carbons (Fsp3) is 0.125. The van der Waals surface area contributed by atoms with Gasteiger partial charge in [0, 0.05) is 18.4 Å². The molecule has 1 aliphatic rings. The number of nitrogens with zero attached hydrogens (tertiary/aromatic N) is 2. The zero-order valence-electron chi connectivity index (χ0n) is 12.2. The van der Waals surface area contributed by atoms with E-state index >= 15 is 0 Å². The van der Waals surface area contributed by atoms with Crippen molar-refractivity contribution in [3.05, 3.63) is 63.4 Å². The highest BCUT2D eigenvalue weighted by Crippen LogP contribution is 2.34. The van der Waals surface area contributed by atoms with Gasteiger partial charge in [0.25, 0.3) is 0 Å². The summed E-state index contributed by atoms with van der Waals surface area (Å²) in [5, 5.41) is 12.4. The summed E-state index contributed by atoms with van der Waals surface area (Å²) in [6.07, 6.45) is 0.152. The predicted octanol–water partition coefficient (Wildman–Crippen LogP) is 3.72. The van der Waals surface area contributed by atoms with Gasteiger partial charge in [-0.1, -0.05) is 22.8 Å². The maximum atomic E-state index is 13.8. The van der Waals surface area contributed by atoms with E-state index in [-0.39, 0.29) is 40.7 Å². The van der Waals surface area contributed by atoms with E-state index in [1.807, 2.05) is 0 Å². The van der Waals surface area contributed by atoms with E-state index in [1.54, 1.807) is 0 Å². The van der Waals surface area contributed by atoms with Crippen LogP contribution in [0.25, 0.3) is 0 Å². The molecule has 3 rings (SSSR count). The van der Waals surface area contributed by atoms with Gasteiger partial charge in [-0.25, -0.2) is 18.2 Å². The summed E-state index contributed by atoms with van der Waals surface area (Å²) in [6.45, 7) is 0. The molecular weight excluding hydrogens is 343 g/mol. The van der Waals surface area contributed by atoms with Crippen molar-refractivity contribution in [1.29, 1.82) is 0 Å². The molecule has 0 aromatic heterocycles. The standard InChI is InChI=1S/C16H11ClF3N3O/c17-10-3-7(1-2-11(10)18)4-13(23-24)8-5-12(19)15(20)16-9(8)6-14(21)22-16/h1-3,5,24H,4,6H2,(H2,21,22)/b23-13+. The second kappa shape index (κ2) is 6.16. The fourth-order valence-electron chi connectivity index (χ4n) is 2.59. The van der Waals surface area contributed by atoms with E-state index in [0.29, 0.717) is 11.1 Å². The molecule has 0 atom stereocenters. The lowest BCUT2D eigenvalue weighted by atomic mass is 9.95. The van der Waals surface area contributed by atoms with Crippen molar-refractivity contribution in [2.24, 2.45) is 15.9 Å². The number of fused-ring (bicyclic) bond motifs is 1. The third kappa shape index (κ3) is 2.82. The van der Waals surface area contributed by atoms with E-state index in [4.69, 9.17) is 17.3 Å². The van der Waals surface area contributed by atoms with Crippen LogP contribution in [-0.2, 0) is 12.8 Å². The Kier molecular flexibility index (Phi) is 4.19. The fourth-order valence-corrected chi connectivity index (χ4v) is 2.80. The summed E-state index contributed by atoms with van der Waals surface area (Å²) in [7, 11) is 0. The van der Waals surface area contributed by atoms with E-state index < -0.39 is 17.5 Å². The molecular formula is C16H11ClF3N3O. The Morgan fingerprint density at radius 3 is 2.67 bits per heavy atom. The quantitative estimate of drug-likeness (QED) is 0.501. The third-order valence-corrected chi connectivity index (χ3v) is 3.99. The van der Waals surface area contributed by atoms with Gasteiger partial charge in [-0.05, 0) is 29.3 Å². The summed E-state index contributed by atoms with van der Waals surface area (Å²) in [5.41, 5.74) is 6.55. The topological polar surface area (TPSA) is 71.0 Å². The van der Waals surface area contributed by atoms with Gasteiger partial charge in [0.1, 0.15) is 17.3 Å². The number of hydrogen-bond acceptors (Lipinski definition) is 4. The maximum absolute atomic E-state index is 13.8. The van der Waals surface area contributed by atoms with Crippen LogP contribution in [0.15, 0.2) is 34.4 Å². The molecule has 124 valence electrons. The molecule has 0 unspecified atom stereocenters. The van der Waals surface area contributed by atoms with E-state index in [9.17, 15) is 18.4 Å². The molecule has 1 aliphatic heterocycles. The molecule has 3 N–H and O–H groups in total. The number of rotatable bonds is 3. The molecule has 0 radical (unpaired) electrons. The summed E-state index contributed by atoms with van der Waals surface area (Å²) in [6, 6.07) is 4.93. The Balaban J connectivity index is 2.03. The van der Waals surface area contributed by atoms with Crippen molar-refractivity contribution < 1.29 is 18.4 Å². The van der Waals surface area contributed by atoms with E-state index in [1.165, 1.54) is 18.2 Å². The van der Waals surface area contributed by atoms with Crippen LogP contribution in [-0.4, -0.2) is 16.8 Å². The van der Waals surface area contributed by atoms with Gasteiger partial charge < -0.3 is 10.9 Å². The second-order valence-corrected chi connectivity index (χ2v) is 5.71. The van der Waals surface area contributed by atoms with Crippen molar-refractivity contribution >= 4 is 28.8 Å². The lowest BCUT2D eigenvalue weighted by Crippen LogP contribution is -2.14. The minimum absolute atomic E-state index is 0.0356. The highest BCUT2D eigenvalue weighted by atomic mass is 35.5. The van der Waals surface area contributed by atoms with Crippen LogP contribution in [0.1, 0.15) is 16.7 Å². The zero-order valence-corrected chi connectivity index (χ0v) is 12.9. The first-order valence-electron chi connectivity index (χ1n) is 6.90. The van der Waals surface area contributed by atoms with Crippen molar-refractivity contribution in [2.45, 2.75) is 12.8 Å². The van der Waals surface area contributed by atoms with Crippen molar-refractivity contribution in [1.82, 2.24) is 0 Å². The highest BCUT2D eigenvalue weighted by Gasteiger charge is 2.26. The van der Waals surface area contributed by atoms with Crippen LogP contribution in [0.4, 0.5) is 18.9 Å². The Morgan fingerprint density at radius 2 is 2.00 bits per heavy atom. The second-order valence-electron chi connectivity index (χ2n) is 5.30. The van der Waals surface area contributed by atoms with Crippen LogP contribution in [0.5, 0.6) is 0 Å². The smallest absolute Gasteiger partial charge is 0.184 e. The Morgan fingerprint density at radius 1 is 1.25 bits per heavy atom. The lowest BCUT2D eigenvalue weighted by molar-refractivity contribution is 0.318. The van der Waals surface area contributed by atoms with Crippen molar-refractivity contribution in [3.63, 3.8) is 0 Å². The number of aliphatic imine (C=N–C) groups is 1. The predicted molar refractivity (Wildman–Crippen MR) is 84.8 cm³/mol. The lowest BCUT2D eigenvalue weighted by Gasteiger charge is -2.11. The Hall–Kier alpha value is -2.54. The molecule has 1 heterocycles. The number of amidine groups is 1. The van der Waals surface area contributed by atoms with Crippen LogP contribution in [0.2, 0.25) is 5.02 Å². The number of benzene rings is 2. The molecule has 0 fully saturated rings. The molecule has 0 saturated carbocycles. The summed E-state index contributed by atoms with van der Waals surface area (Å²) < 4.78 is 40.9. The van der Waals surface area contributed by atoms with Crippen LogP contribution >= 0.6 is 11.6 Å². The Labute approximate surface area is 140 Å². The molecule has 2 aromatic rings. The normalized spacial score (nSPS) is 13.8. The number of oxime groups is 1. The number of nitrogens with two attached hydrogens (primary N) is 1. The molecule has 0 saturated heterocycles. The SMILES string of the molecule is NC1=Nc2c(F)c(F)cc(/C(Cc3ccc(F)c(Cl)c3)=N/O)c2C1. The van der Waals surface area contributed by atoms with Crippen molar-refractivity contribution in [3.8, 4) is 0 Å². The molecule has 0 spiro atoms. The van der Waals surface area contributed by atoms with Crippen LogP contribution in [0, 0.1) is 17.5 Å². The number of hydrogen-bond donors (Lipinski definition) is 2. The van der Waals surface area contributed by atoms with Gasteiger partial charge >= 0.3 is 0 Å². The van der Waals surface area contributed by atoms with Gasteiger partial charge in [-0.3, -0.25) is 0 Å². The summed E-state index contributed by atoms with van der Waals surface area (Å²) >= 11 is 5.72. The highest BCUT2D eigenvalue weighted by molar-refractivity contribution is 6.30. The largest absolute Gasteiger partial charge is 0.411 e. The van der Waals surface area contributed by atoms with Crippen LogP contribution in [0.3, 0.4) is 0 Å². The Bertz CT molecular complexity index is 897. The van der Waals surface area contributed by atoms with Gasteiger partial charge in [0.05, 0.1) is 10.7 Å². The van der Waals surface area contributed by atoms with Gasteiger partial charge in [0.15, 0.2) is 11.6 Å². The monoisotopic (exact) mass is 353 g/mol. The summed E-state index contributed by atoms with van der Waals surface area (Å²) in [4.78, 5) is 3.79. The first-order valence-corrected chi connectivity index (χ1v) is 7.27. The first kappa shape index (κ1) is 16.3. The molecule has 0 aliphatic carbocycles. The number of halogens is 4. The third-order valence-electron chi connectivity index (χ3n) is 3.70. The average Bonchev–Trinajstić information content (AvgIpc) is 2.94. The molecule has 2 aromatic carbocycles.